The molecular formula is C41H47N3O3. The molecule has 0 bridgehead atoms. The molecule has 0 aromatic heterocycles. The third-order valence-corrected chi connectivity index (χ3v) is 9.50. The number of hydrogen-bond donors (Lipinski definition) is 2. The van der Waals surface area contributed by atoms with Crippen LogP contribution < -0.4 is 15.4 Å². The van der Waals surface area contributed by atoms with E-state index in [1.165, 1.54) is 11.1 Å². The molecule has 1 aliphatic heterocycles. The van der Waals surface area contributed by atoms with Gasteiger partial charge in [0.2, 0.25) is 5.91 Å². The Labute approximate surface area is 279 Å². The van der Waals surface area contributed by atoms with Crippen LogP contribution in [0.5, 0.6) is 11.5 Å². The van der Waals surface area contributed by atoms with Crippen LogP contribution in [0.15, 0.2) is 103 Å². The van der Waals surface area contributed by atoms with Crippen LogP contribution in [0.4, 0.5) is 0 Å². The Morgan fingerprint density at radius 2 is 1.40 bits per heavy atom. The zero-order chi connectivity index (χ0) is 32.9. The highest BCUT2D eigenvalue weighted by Gasteiger charge is 2.48. The maximum absolute atomic E-state index is 14.2. The maximum Gasteiger partial charge on any atom is 0.251 e. The summed E-state index contributed by atoms with van der Waals surface area (Å²) in [5, 5.41) is 6.58. The van der Waals surface area contributed by atoms with Gasteiger partial charge in [-0.15, -0.1) is 0 Å². The van der Waals surface area contributed by atoms with Crippen LogP contribution in [0.25, 0.3) is 11.1 Å². The SMILES string of the molecule is CC(C)(C)CNC(=O)C1(CCCCN2CCC(NC(=O)c3cccc(Oc4ccccc4)c3)CC2)c2ccccc2-c2ccccc21. The predicted octanol–water partition coefficient (Wildman–Crippen LogP) is 7.97. The molecule has 6 rings (SSSR count). The van der Waals surface area contributed by atoms with E-state index < -0.39 is 5.41 Å². The molecule has 244 valence electrons. The first-order valence-electron chi connectivity index (χ1n) is 17.1. The summed E-state index contributed by atoms with van der Waals surface area (Å²) in [6.45, 7) is 9.99. The number of carbonyl (C=O) groups excluding carboxylic acids is 2. The van der Waals surface area contributed by atoms with Crippen molar-refractivity contribution in [2.45, 2.75) is 64.3 Å². The van der Waals surface area contributed by atoms with Gasteiger partial charge >= 0.3 is 0 Å². The average Bonchev–Trinajstić information content (AvgIpc) is 3.37. The van der Waals surface area contributed by atoms with Crippen LogP contribution >= 0.6 is 0 Å². The lowest BCUT2D eigenvalue weighted by Gasteiger charge is -2.34. The quantitative estimate of drug-likeness (QED) is 0.165. The third kappa shape index (κ3) is 7.44. The van der Waals surface area contributed by atoms with E-state index in [0.29, 0.717) is 17.9 Å². The summed E-state index contributed by atoms with van der Waals surface area (Å²) in [4.78, 5) is 29.8. The minimum Gasteiger partial charge on any atom is -0.457 e. The molecule has 2 aliphatic rings. The molecule has 1 saturated heterocycles. The largest absolute Gasteiger partial charge is 0.457 e. The van der Waals surface area contributed by atoms with E-state index in [9.17, 15) is 9.59 Å². The lowest BCUT2D eigenvalue weighted by Crippen LogP contribution is -2.47. The number of ether oxygens (including phenoxy) is 1. The van der Waals surface area contributed by atoms with Crippen molar-refractivity contribution in [3.63, 3.8) is 0 Å². The number of para-hydroxylation sites is 1. The van der Waals surface area contributed by atoms with Gasteiger partial charge in [0, 0.05) is 31.2 Å². The fourth-order valence-corrected chi connectivity index (χ4v) is 7.07. The molecule has 0 saturated carbocycles. The summed E-state index contributed by atoms with van der Waals surface area (Å²) in [5.74, 6) is 1.44. The molecule has 1 aliphatic carbocycles. The second-order valence-electron chi connectivity index (χ2n) is 14.2. The topological polar surface area (TPSA) is 70.7 Å². The van der Waals surface area contributed by atoms with E-state index in [-0.39, 0.29) is 23.3 Å². The first-order chi connectivity index (χ1) is 22.7. The Morgan fingerprint density at radius 1 is 0.787 bits per heavy atom. The maximum atomic E-state index is 14.2. The first-order valence-corrected chi connectivity index (χ1v) is 17.1. The van der Waals surface area contributed by atoms with Gasteiger partial charge in [0.05, 0.1) is 0 Å². The molecule has 0 spiro atoms. The number of likely N-dealkylation sites (tertiary alicyclic amines) is 1. The zero-order valence-corrected chi connectivity index (χ0v) is 27.9. The normalized spacial score (nSPS) is 15.8. The van der Waals surface area contributed by atoms with Crippen molar-refractivity contribution in [1.29, 1.82) is 0 Å². The number of hydrogen-bond acceptors (Lipinski definition) is 4. The van der Waals surface area contributed by atoms with Crippen LogP contribution in [0, 0.1) is 5.41 Å². The van der Waals surface area contributed by atoms with E-state index in [2.05, 4.69) is 84.8 Å². The summed E-state index contributed by atoms with van der Waals surface area (Å²) in [7, 11) is 0. The fraction of sp³-hybridized carbons (Fsp3) is 0.366. The van der Waals surface area contributed by atoms with Crippen molar-refractivity contribution in [2.75, 3.05) is 26.2 Å². The molecule has 1 fully saturated rings. The Morgan fingerprint density at radius 3 is 2.06 bits per heavy atom. The standard InChI is InChI=1S/C41H47N3O3/c1-40(2,3)29-42-39(46)41(36-20-9-7-18-34(36)35-19-8-10-21-37(35)41)24-11-12-25-44-26-22-31(23-27-44)43-38(45)30-14-13-17-33(28-30)47-32-15-5-4-6-16-32/h4-10,13-21,28,31H,11-12,22-27,29H2,1-3H3,(H,42,46)(H,43,45). The number of carbonyl (C=O) groups is 2. The third-order valence-electron chi connectivity index (χ3n) is 9.50. The predicted molar refractivity (Wildman–Crippen MR) is 189 cm³/mol. The number of nitrogens with zero attached hydrogens (tertiary/aromatic N) is 1. The molecule has 1 heterocycles. The summed E-state index contributed by atoms with van der Waals surface area (Å²) < 4.78 is 5.92. The molecule has 47 heavy (non-hydrogen) atoms. The highest BCUT2D eigenvalue weighted by atomic mass is 16.5. The Balaban J connectivity index is 1.03. The van der Waals surface area contributed by atoms with Crippen LogP contribution in [-0.2, 0) is 10.2 Å². The summed E-state index contributed by atoms with van der Waals surface area (Å²) in [6, 6.07) is 34.0. The molecule has 4 aromatic carbocycles. The average molecular weight is 630 g/mol. The van der Waals surface area contributed by atoms with Gasteiger partial charge in [-0.3, -0.25) is 9.59 Å². The number of fused-ring (bicyclic) bond motifs is 3. The van der Waals surface area contributed by atoms with E-state index in [4.69, 9.17) is 4.74 Å². The van der Waals surface area contributed by atoms with E-state index in [1.807, 2.05) is 48.5 Å². The van der Waals surface area contributed by atoms with Crippen molar-refractivity contribution in [1.82, 2.24) is 15.5 Å². The van der Waals surface area contributed by atoms with Crippen LogP contribution in [0.1, 0.15) is 74.4 Å². The molecular weight excluding hydrogens is 582 g/mol. The monoisotopic (exact) mass is 629 g/mol. The van der Waals surface area contributed by atoms with Crippen LogP contribution in [0.2, 0.25) is 0 Å². The lowest BCUT2D eigenvalue weighted by molar-refractivity contribution is -0.126. The van der Waals surface area contributed by atoms with Gasteiger partial charge in [0.15, 0.2) is 0 Å². The second kappa shape index (κ2) is 14.1. The van der Waals surface area contributed by atoms with Crippen LogP contribution in [-0.4, -0.2) is 48.9 Å². The number of piperidine rings is 1. The fourth-order valence-electron chi connectivity index (χ4n) is 7.07. The van der Waals surface area contributed by atoms with E-state index in [1.54, 1.807) is 6.07 Å². The van der Waals surface area contributed by atoms with Gasteiger partial charge in [0.25, 0.3) is 5.91 Å². The number of amides is 2. The van der Waals surface area contributed by atoms with Crippen molar-refractivity contribution in [3.05, 3.63) is 120 Å². The van der Waals surface area contributed by atoms with E-state index >= 15 is 0 Å². The molecule has 2 amide bonds. The summed E-state index contributed by atoms with van der Waals surface area (Å²) in [6.07, 6.45) is 4.59. The highest BCUT2D eigenvalue weighted by Crippen LogP contribution is 2.51. The molecule has 0 atom stereocenters. The molecule has 2 N–H and O–H groups in total. The lowest BCUT2D eigenvalue weighted by atomic mass is 9.73. The summed E-state index contributed by atoms with van der Waals surface area (Å²) >= 11 is 0. The molecule has 0 unspecified atom stereocenters. The molecule has 4 aromatic rings. The van der Waals surface area contributed by atoms with E-state index in [0.717, 1.165) is 68.6 Å². The number of rotatable bonds is 11. The second-order valence-corrected chi connectivity index (χ2v) is 14.2. The number of nitrogens with one attached hydrogen (secondary N) is 2. The van der Waals surface area contributed by atoms with Crippen molar-refractivity contribution in [3.8, 4) is 22.6 Å². The van der Waals surface area contributed by atoms with Crippen LogP contribution in [0.3, 0.4) is 0 Å². The van der Waals surface area contributed by atoms with Gasteiger partial charge in [-0.25, -0.2) is 0 Å². The minimum absolute atomic E-state index is 0.000893. The minimum atomic E-state index is -0.681. The smallest absolute Gasteiger partial charge is 0.251 e. The van der Waals surface area contributed by atoms with Gasteiger partial charge in [-0.2, -0.15) is 0 Å². The van der Waals surface area contributed by atoms with Gasteiger partial charge < -0.3 is 20.3 Å². The van der Waals surface area contributed by atoms with Gasteiger partial charge in [-0.05, 0) is 90.2 Å². The highest BCUT2D eigenvalue weighted by molar-refractivity contribution is 6.00. The Hall–Kier alpha value is -4.42. The van der Waals surface area contributed by atoms with Gasteiger partial charge in [-0.1, -0.05) is 100.0 Å². The van der Waals surface area contributed by atoms with Crippen molar-refractivity contribution < 1.29 is 14.3 Å². The Bertz CT molecular complexity index is 1640. The van der Waals surface area contributed by atoms with Crippen molar-refractivity contribution in [2.24, 2.45) is 5.41 Å². The zero-order valence-electron chi connectivity index (χ0n) is 27.9. The number of unbranched alkanes of at least 4 members (excludes halogenated alkanes) is 1. The number of benzene rings is 4. The molecule has 6 nitrogen and oxygen atoms in total. The first kappa shape index (κ1) is 32.5. The summed E-state index contributed by atoms with van der Waals surface area (Å²) in [5.41, 5.74) is 4.53. The van der Waals surface area contributed by atoms with Crippen molar-refractivity contribution >= 4 is 11.8 Å². The Kier molecular flexibility index (Phi) is 9.79. The molecule has 6 heteroatoms. The van der Waals surface area contributed by atoms with Gasteiger partial charge in [0.1, 0.15) is 16.9 Å². The molecule has 0 radical (unpaired) electrons.